The van der Waals surface area contributed by atoms with Crippen molar-refractivity contribution < 1.29 is 19.5 Å². The molecule has 27 heavy (non-hydrogen) atoms. The van der Waals surface area contributed by atoms with Gasteiger partial charge in [0.1, 0.15) is 0 Å². The van der Waals surface area contributed by atoms with Crippen molar-refractivity contribution in [1.82, 2.24) is 4.90 Å². The van der Waals surface area contributed by atoms with E-state index in [1.165, 1.54) is 0 Å². The minimum Gasteiger partial charge on any atom is -0.481 e. The lowest BCUT2D eigenvalue weighted by atomic mass is 9.55. The fraction of sp³-hybridized carbons (Fsp3) is 0.286. The molecule has 1 saturated heterocycles. The predicted molar refractivity (Wildman–Crippen MR) is 100 cm³/mol. The van der Waals surface area contributed by atoms with Crippen LogP contribution < -0.4 is 0 Å². The Bertz CT molecular complexity index is 969. The molecule has 0 spiro atoms. The summed E-state index contributed by atoms with van der Waals surface area (Å²) in [5.74, 6) is -2.81. The highest BCUT2D eigenvalue weighted by Crippen LogP contribution is 2.66. The average molecular weight is 426 g/mol. The smallest absolute Gasteiger partial charge is 0.305 e. The van der Waals surface area contributed by atoms with E-state index in [2.05, 4.69) is 15.9 Å². The summed E-state index contributed by atoms with van der Waals surface area (Å²) < 4.78 is -0.773. The van der Waals surface area contributed by atoms with Crippen molar-refractivity contribution in [1.29, 1.82) is 0 Å². The van der Waals surface area contributed by atoms with Crippen molar-refractivity contribution in [2.24, 2.45) is 11.8 Å². The zero-order valence-corrected chi connectivity index (χ0v) is 15.8. The van der Waals surface area contributed by atoms with Crippen molar-refractivity contribution in [2.75, 3.05) is 6.54 Å². The van der Waals surface area contributed by atoms with Gasteiger partial charge in [-0.1, -0.05) is 64.5 Å². The van der Waals surface area contributed by atoms with E-state index in [-0.39, 0.29) is 30.7 Å². The van der Waals surface area contributed by atoms with Crippen LogP contribution in [0, 0.1) is 11.8 Å². The van der Waals surface area contributed by atoms with Crippen molar-refractivity contribution >= 4 is 33.7 Å². The first kappa shape index (κ1) is 16.7. The van der Waals surface area contributed by atoms with E-state index in [1.807, 2.05) is 48.5 Å². The molecule has 4 aliphatic rings. The molecule has 6 heteroatoms. The Hall–Kier alpha value is -2.47. The number of carbonyl (C=O) groups is 3. The van der Waals surface area contributed by atoms with Crippen LogP contribution >= 0.6 is 15.9 Å². The Morgan fingerprint density at radius 2 is 1.56 bits per heavy atom. The molecule has 3 aliphatic carbocycles. The van der Waals surface area contributed by atoms with Gasteiger partial charge in [0.25, 0.3) is 0 Å². The van der Waals surface area contributed by atoms with Crippen LogP contribution in [0.4, 0.5) is 0 Å². The van der Waals surface area contributed by atoms with E-state index in [0.717, 1.165) is 27.2 Å². The average Bonchev–Trinajstić information content (AvgIpc) is 2.92. The maximum atomic E-state index is 13.3. The number of imide groups is 1. The van der Waals surface area contributed by atoms with Gasteiger partial charge in [-0.25, -0.2) is 0 Å². The number of halogens is 1. The van der Waals surface area contributed by atoms with Crippen LogP contribution in [0.1, 0.15) is 34.6 Å². The molecule has 2 amide bonds. The molecule has 0 radical (unpaired) electrons. The third-order valence-electron chi connectivity index (χ3n) is 6.15. The number of hydrogen-bond donors (Lipinski definition) is 1. The lowest BCUT2D eigenvalue weighted by molar-refractivity contribution is -0.142. The molecule has 1 aliphatic heterocycles. The Morgan fingerprint density at radius 1 is 1.00 bits per heavy atom. The van der Waals surface area contributed by atoms with Gasteiger partial charge in [-0.2, -0.15) is 0 Å². The Morgan fingerprint density at radius 3 is 2.11 bits per heavy atom. The fourth-order valence-corrected chi connectivity index (χ4v) is 6.37. The van der Waals surface area contributed by atoms with Gasteiger partial charge in [-0.05, 0) is 22.3 Å². The highest BCUT2D eigenvalue weighted by atomic mass is 79.9. The molecule has 2 atom stereocenters. The SMILES string of the molecule is O=C(O)CCN1C(=O)C2C3c4ccccc4C(Br)(c4ccccc43)C2C1=O. The van der Waals surface area contributed by atoms with Crippen LogP contribution in [0.15, 0.2) is 48.5 Å². The van der Waals surface area contributed by atoms with Gasteiger partial charge >= 0.3 is 5.97 Å². The molecule has 0 saturated carbocycles. The second kappa shape index (κ2) is 5.52. The van der Waals surface area contributed by atoms with Crippen molar-refractivity contribution in [3.8, 4) is 0 Å². The van der Waals surface area contributed by atoms with Gasteiger partial charge in [0, 0.05) is 12.5 Å². The molecule has 1 heterocycles. The van der Waals surface area contributed by atoms with Crippen LogP contribution in [0.3, 0.4) is 0 Å². The van der Waals surface area contributed by atoms with E-state index < -0.39 is 22.1 Å². The number of amides is 2. The topological polar surface area (TPSA) is 74.7 Å². The summed E-state index contributed by atoms with van der Waals surface area (Å²) in [6.07, 6.45) is -0.239. The quantitative estimate of drug-likeness (QED) is 0.605. The van der Waals surface area contributed by atoms with Crippen molar-refractivity contribution in [3.63, 3.8) is 0 Å². The molecule has 1 fully saturated rings. The fourth-order valence-electron chi connectivity index (χ4n) is 5.17. The van der Waals surface area contributed by atoms with Gasteiger partial charge in [0.05, 0.1) is 22.6 Å². The van der Waals surface area contributed by atoms with Gasteiger partial charge in [-0.3, -0.25) is 19.3 Å². The zero-order valence-electron chi connectivity index (χ0n) is 14.3. The van der Waals surface area contributed by atoms with Crippen LogP contribution in [-0.4, -0.2) is 34.3 Å². The van der Waals surface area contributed by atoms with Crippen LogP contribution in [-0.2, 0) is 18.7 Å². The zero-order chi connectivity index (χ0) is 18.9. The largest absolute Gasteiger partial charge is 0.481 e. The number of rotatable bonds is 3. The number of alkyl halides is 1. The molecule has 2 aromatic rings. The molecule has 6 rings (SSSR count). The highest BCUT2D eigenvalue weighted by Gasteiger charge is 2.67. The number of benzene rings is 2. The first-order valence-corrected chi connectivity index (χ1v) is 9.70. The van der Waals surface area contributed by atoms with Gasteiger partial charge in [0.2, 0.25) is 11.8 Å². The van der Waals surface area contributed by atoms with Crippen LogP contribution in [0.2, 0.25) is 0 Å². The maximum Gasteiger partial charge on any atom is 0.305 e. The highest BCUT2D eigenvalue weighted by molar-refractivity contribution is 9.09. The number of carbonyl (C=O) groups excluding carboxylic acids is 2. The van der Waals surface area contributed by atoms with Crippen LogP contribution in [0.25, 0.3) is 0 Å². The molecule has 136 valence electrons. The number of likely N-dealkylation sites (tertiary alicyclic amines) is 1. The standard InChI is InChI=1S/C21H16BrNO4/c22-21-13-7-3-1-5-11(13)16(12-6-2-4-8-14(12)21)17-18(21)20(27)23(19(17)26)10-9-15(24)25/h1-8,16-18H,9-10H2,(H,24,25). The third kappa shape index (κ3) is 1.96. The summed E-state index contributed by atoms with van der Waals surface area (Å²) in [6, 6.07) is 15.9. The summed E-state index contributed by atoms with van der Waals surface area (Å²) in [5, 5.41) is 9.00. The Labute approximate surface area is 164 Å². The number of aliphatic carboxylic acids is 1. The minimum absolute atomic E-state index is 0.0809. The Balaban J connectivity index is 1.73. The van der Waals surface area contributed by atoms with Gasteiger partial charge in [-0.15, -0.1) is 0 Å². The summed E-state index contributed by atoms with van der Waals surface area (Å²) in [6.45, 7) is -0.0809. The van der Waals surface area contributed by atoms with E-state index in [0.29, 0.717) is 0 Å². The molecule has 1 N–H and O–H groups in total. The number of nitrogens with zero attached hydrogens (tertiary/aromatic N) is 1. The van der Waals surface area contributed by atoms with Crippen molar-refractivity contribution in [3.05, 3.63) is 70.8 Å². The minimum atomic E-state index is -1.02. The second-order valence-electron chi connectivity index (χ2n) is 7.34. The number of hydrogen-bond acceptors (Lipinski definition) is 3. The van der Waals surface area contributed by atoms with E-state index in [9.17, 15) is 14.4 Å². The van der Waals surface area contributed by atoms with E-state index >= 15 is 0 Å². The normalized spacial score (nSPS) is 30.1. The first-order valence-electron chi connectivity index (χ1n) is 8.91. The summed E-state index contributed by atoms with van der Waals surface area (Å²) in [5.41, 5.74) is 4.18. The molecule has 0 aromatic heterocycles. The molecule has 2 bridgehead atoms. The molecule has 2 aromatic carbocycles. The van der Waals surface area contributed by atoms with Gasteiger partial charge < -0.3 is 5.11 Å². The Kier molecular flexibility index (Phi) is 3.41. The lowest BCUT2D eigenvalue weighted by Gasteiger charge is -2.51. The first-order chi connectivity index (χ1) is 13.0. The summed E-state index contributed by atoms with van der Waals surface area (Å²) >= 11 is 3.90. The number of carboxylic acids is 1. The second-order valence-corrected chi connectivity index (χ2v) is 8.59. The molecular formula is C21H16BrNO4. The number of carboxylic acid groups (broad SMARTS) is 1. The monoisotopic (exact) mass is 425 g/mol. The molecule has 5 nitrogen and oxygen atoms in total. The van der Waals surface area contributed by atoms with Crippen molar-refractivity contribution in [2.45, 2.75) is 16.7 Å². The van der Waals surface area contributed by atoms with Crippen LogP contribution in [0.5, 0.6) is 0 Å². The maximum absolute atomic E-state index is 13.3. The summed E-state index contributed by atoms with van der Waals surface area (Å²) in [7, 11) is 0. The molecular weight excluding hydrogens is 410 g/mol. The van der Waals surface area contributed by atoms with E-state index in [4.69, 9.17) is 5.11 Å². The third-order valence-corrected chi connectivity index (χ3v) is 7.50. The van der Waals surface area contributed by atoms with Gasteiger partial charge in [0.15, 0.2) is 0 Å². The summed E-state index contributed by atoms with van der Waals surface area (Å²) in [4.78, 5) is 38.6. The molecule has 2 unspecified atom stereocenters. The lowest BCUT2D eigenvalue weighted by Crippen LogP contribution is -2.50. The van der Waals surface area contributed by atoms with E-state index in [1.54, 1.807) is 0 Å². The predicted octanol–water partition coefficient (Wildman–Crippen LogP) is 2.86.